The van der Waals surface area contributed by atoms with Gasteiger partial charge in [0.25, 0.3) is 5.22 Å². The summed E-state index contributed by atoms with van der Waals surface area (Å²) in [6.07, 6.45) is 7.77. The van der Waals surface area contributed by atoms with E-state index < -0.39 is 0 Å². The Balaban J connectivity index is 1.38. The van der Waals surface area contributed by atoms with Gasteiger partial charge in [0.15, 0.2) is 0 Å². The molecule has 0 radical (unpaired) electrons. The van der Waals surface area contributed by atoms with E-state index in [1.807, 2.05) is 24.3 Å². The predicted molar refractivity (Wildman–Crippen MR) is 96.6 cm³/mol. The SMILES string of the molecule is Clc1cccc(-c2nc(CSc3nnc(C4CCCCC4)o3)co2)c1. The number of halogens is 1. The van der Waals surface area contributed by atoms with Crippen LogP contribution in [0.1, 0.15) is 49.6 Å². The zero-order chi connectivity index (χ0) is 17.1. The van der Waals surface area contributed by atoms with Crippen LogP contribution in [0.3, 0.4) is 0 Å². The molecule has 0 N–H and O–H groups in total. The topological polar surface area (TPSA) is 65.0 Å². The van der Waals surface area contributed by atoms with Crippen LogP contribution in [0.2, 0.25) is 5.02 Å². The highest BCUT2D eigenvalue weighted by atomic mass is 35.5. The molecule has 5 nitrogen and oxygen atoms in total. The molecule has 0 bridgehead atoms. The monoisotopic (exact) mass is 375 g/mol. The van der Waals surface area contributed by atoms with Gasteiger partial charge in [0, 0.05) is 22.3 Å². The number of oxazole rings is 1. The van der Waals surface area contributed by atoms with Gasteiger partial charge in [-0.2, -0.15) is 0 Å². The van der Waals surface area contributed by atoms with Crippen LogP contribution in [0, 0.1) is 0 Å². The Bertz CT molecular complexity index is 842. The molecule has 130 valence electrons. The Kier molecular flexibility index (Phi) is 5.08. The van der Waals surface area contributed by atoms with Crippen LogP contribution < -0.4 is 0 Å². The summed E-state index contributed by atoms with van der Waals surface area (Å²) in [6, 6.07) is 7.45. The lowest BCUT2D eigenvalue weighted by Gasteiger charge is -2.17. The van der Waals surface area contributed by atoms with Gasteiger partial charge < -0.3 is 8.83 Å². The number of aromatic nitrogens is 3. The summed E-state index contributed by atoms with van der Waals surface area (Å²) < 4.78 is 11.4. The minimum Gasteiger partial charge on any atom is -0.444 e. The summed E-state index contributed by atoms with van der Waals surface area (Å²) in [4.78, 5) is 4.50. The largest absolute Gasteiger partial charge is 0.444 e. The number of thioether (sulfide) groups is 1. The highest BCUT2D eigenvalue weighted by Crippen LogP contribution is 2.33. The first-order valence-electron chi connectivity index (χ1n) is 8.44. The fourth-order valence-electron chi connectivity index (χ4n) is 3.06. The smallest absolute Gasteiger partial charge is 0.276 e. The third-order valence-corrected chi connectivity index (χ3v) is 5.43. The number of benzene rings is 1. The second-order valence-corrected chi connectivity index (χ2v) is 7.55. The van der Waals surface area contributed by atoms with E-state index in [-0.39, 0.29) is 0 Å². The van der Waals surface area contributed by atoms with Gasteiger partial charge in [0.1, 0.15) is 6.26 Å². The summed E-state index contributed by atoms with van der Waals surface area (Å²) in [7, 11) is 0. The van der Waals surface area contributed by atoms with Crippen LogP contribution in [0.4, 0.5) is 0 Å². The maximum atomic E-state index is 6.01. The van der Waals surface area contributed by atoms with Crippen LogP contribution in [-0.2, 0) is 5.75 Å². The predicted octanol–water partition coefficient (Wildman–Crippen LogP) is 5.72. The van der Waals surface area contributed by atoms with E-state index in [1.165, 1.54) is 31.0 Å². The number of hydrogen-bond acceptors (Lipinski definition) is 6. The van der Waals surface area contributed by atoms with Gasteiger partial charge in [0.05, 0.1) is 5.69 Å². The molecule has 1 aliphatic carbocycles. The van der Waals surface area contributed by atoms with Gasteiger partial charge in [-0.25, -0.2) is 4.98 Å². The summed E-state index contributed by atoms with van der Waals surface area (Å²) in [5.41, 5.74) is 1.69. The first-order chi connectivity index (χ1) is 12.3. The molecule has 1 aromatic carbocycles. The van der Waals surface area contributed by atoms with E-state index in [2.05, 4.69) is 15.2 Å². The lowest BCUT2D eigenvalue weighted by atomic mass is 9.89. The van der Waals surface area contributed by atoms with Crippen LogP contribution in [-0.4, -0.2) is 15.2 Å². The Labute approximate surface area is 155 Å². The molecule has 0 unspecified atom stereocenters. The molecule has 0 aliphatic heterocycles. The molecule has 4 rings (SSSR count). The standard InChI is InChI=1S/C18H18ClN3O2S/c19-14-8-4-7-13(9-14)16-20-15(10-23-16)11-25-18-22-21-17(24-18)12-5-2-1-3-6-12/h4,7-10,12H,1-3,5-6,11H2. The van der Waals surface area contributed by atoms with Crippen LogP contribution >= 0.6 is 23.4 Å². The second-order valence-electron chi connectivity index (χ2n) is 6.18. The molecule has 2 aromatic heterocycles. The quantitative estimate of drug-likeness (QED) is 0.531. The molecule has 1 aliphatic rings. The summed E-state index contributed by atoms with van der Waals surface area (Å²) in [6.45, 7) is 0. The number of hydrogen-bond donors (Lipinski definition) is 0. The average Bonchev–Trinajstić information content (AvgIpc) is 3.30. The van der Waals surface area contributed by atoms with Crippen LogP contribution in [0.5, 0.6) is 0 Å². The first-order valence-corrected chi connectivity index (χ1v) is 9.81. The Hall–Kier alpha value is -1.79. The molecule has 1 fully saturated rings. The van der Waals surface area contributed by atoms with Gasteiger partial charge in [0.2, 0.25) is 11.8 Å². The van der Waals surface area contributed by atoms with Crippen molar-refractivity contribution in [1.29, 1.82) is 0 Å². The van der Waals surface area contributed by atoms with Gasteiger partial charge in [-0.15, -0.1) is 10.2 Å². The minimum absolute atomic E-state index is 0.428. The minimum atomic E-state index is 0.428. The van der Waals surface area contributed by atoms with Gasteiger partial charge in [-0.3, -0.25) is 0 Å². The Morgan fingerprint density at radius 2 is 2.04 bits per heavy atom. The van der Waals surface area contributed by atoms with Crippen molar-refractivity contribution in [1.82, 2.24) is 15.2 Å². The molecule has 0 saturated heterocycles. The third-order valence-electron chi connectivity index (χ3n) is 4.34. The number of nitrogens with zero attached hydrogens (tertiary/aromatic N) is 3. The Morgan fingerprint density at radius 1 is 1.16 bits per heavy atom. The van der Waals surface area contributed by atoms with Crippen LogP contribution in [0.15, 0.2) is 44.6 Å². The maximum Gasteiger partial charge on any atom is 0.276 e. The molecule has 0 atom stereocenters. The van der Waals surface area contributed by atoms with E-state index in [1.54, 1.807) is 6.26 Å². The molecule has 0 spiro atoms. The van der Waals surface area contributed by atoms with E-state index in [0.29, 0.717) is 27.8 Å². The molecule has 1 saturated carbocycles. The van der Waals surface area contributed by atoms with E-state index in [4.69, 9.17) is 20.4 Å². The molecule has 25 heavy (non-hydrogen) atoms. The molecule has 3 aromatic rings. The highest BCUT2D eigenvalue weighted by molar-refractivity contribution is 7.98. The van der Waals surface area contributed by atoms with Gasteiger partial charge in [-0.05, 0) is 31.0 Å². The fraction of sp³-hybridized carbons (Fsp3) is 0.389. The maximum absolute atomic E-state index is 6.01. The molecular weight excluding hydrogens is 358 g/mol. The van der Waals surface area contributed by atoms with Crippen molar-refractivity contribution >= 4 is 23.4 Å². The lowest BCUT2D eigenvalue weighted by Crippen LogP contribution is -2.04. The summed E-state index contributed by atoms with van der Waals surface area (Å²) in [5.74, 6) is 2.39. The van der Waals surface area contributed by atoms with Gasteiger partial charge >= 0.3 is 0 Å². The van der Waals surface area contributed by atoms with Crippen molar-refractivity contribution < 1.29 is 8.83 Å². The fourth-order valence-corrected chi connectivity index (χ4v) is 3.89. The van der Waals surface area contributed by atoms with E-state index in [0.717, 1.165) is 30.0 Å². The zero-order valence-electron chi connectivity index (χ0n) is 13.7. The van der Waals surface area contributed by atoms with E-state index in [9.17, 15) is 0 Å². The highest BCUT2D eigenvalue weighted by Gasteiger charge is 2.21. The zero-order valence-corrected chi connectivity index (χ0v) is 15.2. The second kappa shape index (κ2) is 7.62. The van der Waals surface area contributed by atoms with Crippen molar-refractivity contribution in [2.24, 2.45) is 0 Å². The van der Waals surface area contributed by atoms with Crippen LogP contribution in [0.25, 0.3) is 11.5 Å². The van der Waals surface area contributed by atoms with E-state index >= 15 is 0 Å². The van der Waals surface area contributed by atoms with Crippen molar-refractivity contribution in [2.45, 2.75) is 49.0 Å². The molecular formula is C18H18ClN3O2S. The molecule has 0 amide bonds. The van der Waals surface area contributed by atoms with Crippen molar-refractivity contribution in [3.63, 3.8) is 0 Å². The summed E-state index contributed by atoms with van der Waals surface area (Å²) >= 11 is 7.49. The normalized spacial score (nSPS) is 15.6. The van der Waals surface area contributed by atoms with Gasteiger partial charge in [-0.1, -0.05) is 48.7 Å². The third kappa shape index (κ3) is 4.07. The average molecular weight is 376 g/mol. The van der Waals surface area contributed by atoms with Crippen molar-refractivity contribution in [3.8, 4) is 11.5 Å². The van der Waals surface area contributed by atoms with Crippen molar-refractivity contribution in [2.75, 3.05) is 0 Å². The Morgan fingerprint density at radius 3 is 2.88 bits per heavy atom. The summed E-state index contributed by atoms with van der Waals surface area (Å²) in [5, 5.41) is 9.62. The molecule has 7 heteroatoms. The first kappa shape index (κ1) is 16.7. The number of rotatable bonds is 5. The van der Waals surface area contributed by atoms with Crippen molar-refractivity contribution in [3.05, 3.63) is 47.1 Å². The molecule has 2 heterocycles. The lowest BCUT2D eigenvalue weighted by molar-refractivity contribution is 0.334.